The monoisotopic (exact) mass is 273 g/mol. The molecule has 0 saturated carbocycles. The van der Waals surface area contributed by atoms with Gasteiger partial charge in [0.05, 0.1) is 13.2 Å². The van der Waals surface area contributed by atoms with Crippen molar-refractivity contribution < 1.29 is 4.74 Å². The first kappa shape index (κ1) is 12.6. The maximum atomic E-state index is 11.6. The van der Waals surface area contributed by atoms with Crippen molar-refractivity contribution in [2.24, 2.45) is 0 Å². The Morgan fingerprint density at radius 3 is 2.65 bits per heavy atom. The van der Waals surface area contributed by atoms with Crippen LogP contribution in [0.25, 0.3) is 0 Å². The molecule has 1 aromatic carbocycles. The second-order valence-corrected chi connectivity index (χ2v) is 4.39. The minimum Gasteiger partial charge on any atom is -0.378 e. The number of morpholine rings is 1. The summed E-state index contributed by atoms with van der Waals surface area (Å²) in [4.78, 5) is 24.4. The van der Waals surface area contributed by atoms with Crippen LogP contribution >= 0.6 is 0 Å². The average molecular weight is 273 g/mol. The van der Waals surface area contributed by atoms with E-state index in [0.717, 1.165) is 5.69 Å². The van der Waals surface area contributed by atoms with E-state index in [1.165, 1.54) is 0 Å². The number of hydrogen-bond acceptors (Lipinski definition) is 6. The van der Waals surface area contributed by atoms with Gasteiger partial charge in [0, 0.05) is 18.8 Å². The zero-order valence-corrected chi connectivity index (χ0v) is 10.9. The van der Waals surface area contributed by atoms with Gasteiger partial charge in [0.2, 0.25) is 11.9 Å². The molecule has 0 radical (unpaired) electrons. The van der Waals surface area contributed by atoms with Gasteiger partial charge in [-0.2, -0.15) is 9.97 Å². The Morgan fingerprint density at radius 2 is 1.90 bits per heavy atom. The van der Waals surface area contributed by atoms with Gasteiger partial charge in [0.1, 0.15) is 0 Å². The van der Waals surface area contributed by atoms with Crippen molar-refractivity contribution in [3.05, 3.63) is 40.8 Å². The predicted octanol–water partition coefficient (Wildman–Crippen LogP) is 0.745. The highest BCUT2D eigenvalue weighted by Gasteiger charge is 2.15. The number of rotatable bonds is 3. The number of ether oxygens (including phenoxy) is 1. The van der Waals surface area contributed by atoms with Gasteiger partial charge in [-0.3, -0.25) is 4.98 Å². The maximum absolute atomic E-state index is 11.6. The van der Waals surface area contributed by atoms with Crippen LogP contribution in [0.4, 0.5) is 17.6 Å². The SMILES string of the molecule is O=c1nc(N2CCOCC2)nc(Nc2ccccc2)[nH]1. The quantitative estimate of drug-likeness (QED) is 0.858. The molecule has 1 aliphatic heterocycles. The number of benzene rings is 1. The summed E-state index contributed by atoms with van der Waals surface area (Å²) < 4.78 is 5.28. The summed E-state index contributed by atoms with van der Waals surface area (Å²) in [5.41, 5.74) is 0.440. The minimum absolute atomic E-state index is 0.387. The van der Waals surface area contributed by atoms with E-state index in [4.69, 9.17) is 4.74 Å². The van der Waals surface area contributed by atoms with Gasteiger partial charge < -0.3 is 15.0 Å². The molecule has 1 fully saturated rings. The molecular formula is C13H15N5O2. The molecule has 104 valence electrons. The largest absolute Gasteiger partial charge is 0.378 e. The van der Waals surface area contributed by atoms with Crippen LogP contribution < -0.4 is 15.9 Å². The van der Waals surface area contributed by atoms with E-state index in [-0.39, 0.29) is 0 Å². The van der Waals surface area contributed by atoms with Crippen molar-refractivity contribution >= 4 is 17.6 Å². The molecule has 0 unspecified atom stereocenters. The molecule has 1 aromatic heterocycles. The van der Waals surface area contributed by atoms with E-state index < -0.39 is 5.69 Å². The van der Waals surface area contributed by atoms with Crippen molar-refractivity contribution in [1.29, 1.82) is 0 Å². The van der Waals surface area contributed by atoms with Crippen molar-refractivity contribution in [3.63, 3.8) is 0 Å². The molecule has 2 aromatic rings. The maximum Gasteiger partial charge on any atom is 0.351 e. The van der Waals surface area contributed by atoms with Gasteiger partial charge in [-0.25, -0.2) is 4.79 Å². The summed E-state index contributed by atoms with van der Waals surface area (Å²) in [7, 11) is 0. The van der Waals surface area contributed by atoms with Crippen LogP contribution in [-0.2, 0) is 4.74 Å². The molecule has 2 N–H and O–H groups in total. The van der Waals surface area contributed by atoms with E-state index in [2.05, 4.69) is 20.3 Å². The van der Waals surface area contributed by atoms with Crippen LogP contribution in [0, 0.1) is 0 Å². The average Bonchev–Trinajstić information content (AvgIpc) is 2.49. The number of nitrogens with zero attached hydrogens (tertiary/aromatic N) is 3. The second kappa shape index (κ2) is 5.70. The summed E-state index contributed by atoms with van der Waals surface area (Å²) in [5, 5.41) is 3.06. The van der Waals surface area contributed by atoms with E-state index >= 15 is 0 Å². The zero-order valence-electron chi connectivity index (χ0n) is 10.9. The van der Waals surface area contributed by atoms with Gasteiger partial charge in [0.15, 0.2) is 0 Å². The van der Waals surface area contributed by atoms with Crippen LogP contribution in [0.3, 0.4) is 0 Å². The fourth-order valence-electron chi connectivity index (χ4n) is 2.00. The molecule has 1 saturated heterocycles. The Kier molecular flexibility index (Phi) is 3.60. The molecule has 0 spiro atoms. The Bertz CT molecular complexity index is 622. The lowest BCUT2D eigenvalue weighted by atomic mass is 10.3. The van der Waals surface area contributed by atoms with E-state index in [9.17, 15) is 4.79 Å². The molecule has 2 heterocycles. The Balaban J connectivity index is 1.84. The van der Waals surface area contributed by atoms with Crippen molar-refractivity contribution in [2.75, 3.05) is 36.5 Å². The number of nitrogens with one attached hydrogen (secondary N) is 2. The summed E-state index contributed by atoms with van der Waals surface area (Å²) in [5.74, 6) is 0.813. The molecule has 7 heteroatoms. The Morgan fingerprint density at radius 1 is 1.15 bits per heavy atom. The van der Waals surface area contributed by atoms with Crippen LogP contribution in [0.15, 0.2) is 35.1 Å². The minimum atomic E-state index is -0.417. The zero-order chi connectivity index (χ0) is 13.8. The lowest BCUT2D eigenvalue weighted by Crippen LogP contribution is -2.38. The molecule has 20 heavy (non-hydrogen) atoms. The van der Waals surface area contributed by atoms with Gasteiger partial charge in [-0.1, -0.05) is 18.2 Å². The number of aromatic nitrogens is 3. The standard InChI is InChI=1S/C13H15N5O2/c19-13-16-11(14-10-4-2-1-3-5-10)15-12(17-13)18-6-8-20-9-7-18/h1-5H,6-9H2,(H2,14,15,16,17,19). The van der Waals surface area contributed by atoms with Gasteiger partial charge in [-0.05, 0) is 12.1 Å². The molecular weight excluding hydrogens is 258 g/mol. The van der Waals surface area contributed by atoms with E-state index in [1.54, 1.807) is 0 Å². The first-order chi connectivity index (χ1) is 9.81. The Hall–Kier alpha value is -2.41. The van der Waals surface area contributed by atoms with Crippen LogP contribution in [0.2, 0.25) is 0 Å². The van der Waals surface area contributed by atoms with Gasteiger partial charge >= 0.3 is 5.69 Å². The summed E-state index contributed by atoms with van der Waals surface area (Å²) >= 11 is 0. The number of anilines is 3. The van der Waals surface area contributed by atoms with Gasteiger partial charge in [-0.15, -0.1) is 0 Å². The summed E-state index contributed by atoms with van der Waals surface area (Å²) in [6.07, 6.45) is 0. The summed E-state index contributed by atoms with van der Waals surface area (Å²) in [6.45, 7) is 2.62. The first-order valence-corrected chi connectivity index (χ1v) is 6.44. The molecule has 1 aliphatic rings. The molecule has 7 nitrogen and oxygen atoms in total. The number of aromatic amines is 1. The topological polar surface area (TPSA) is 83.1 Å². The van der Waals surface area contributed by atoms with Crippen LogP contribution in [0.5, 0.6) is 0 Å². The summed E-state index contributed by atoms with van der Waals surface area (Å²) in [6, 6.07) is 9.53. The fraction of sp³-hybridized carbons (Fsp3) is 0.308. The normalized spacial score (nSPS) is 15.1. The number of hydrogen-bond donors (Lipinski definition) is 2. The number of H-pyrrole nitrogens is 1. The Labute approximate surface area is 115 Å². The fourth-order valence-corrected chi connectivity index (χ4v) is 2.00. The predicted molar refractivity (Wildman–Crippen MR) is 75.4 cm³/mol. The first-order valence-electron chi connectivity index (χ1n) is 6.44. The third-order valence-electron chi connectivity index (χ3n) is 2.97. The van der Waals surface area contributed by atoms with E-state index in [0.29, 0.717) is 38.2 Å². The lowest BCUT2D eigenvalue weighted by Gasteiger charge is -2.26. The van der Waals surface area contributed by atoms with Gasteiger partial charge in [0.25, 0.3) is 0 Å². The second-order valence-electron chi connectivity index (χ2n) is 4.39. The number of para-hydroxylation sites is 1. The van der Waals surface area contributed by atoms with Crippen molar-refractivity contribution in [1.82, 2.24) is 15.0 Å². The highest BCUT2D eigenvalue weighted by molar-refractivity contribution is 5.53. The third-order valence-corrected chi connectivity index (χ3v) is 2.97. The van der Waals surface area contributed by atoms with Crippen molar-refractivity contribution in [2.45, 2.75) is 0 Å². The molecule has 0 aliphatic carbocycles. The smallest absolute Gasteiger partial charge is 0.351 e. The third kappa shape index (κ3) is 2.94. The molecule has 0 bridgehead atoms. The van der Waals surface area contributed by atoms with Crippen LogP contribution in [0.1, 0.15) is 0 Å². The lowest BCUT2D eigenvalue weighted by molar-refractivity contribution is 0.122. The van der Waals surface area contributed by atoms with E-state index in [1.807, 2.05) is 35.2 Å². The highest BCUT2D eigenvalue weighted by Crippen LogP contribution is 2.13. The highest BCUT2D eigenvalue weighted by atomic mass is 16.5. The molecule has 3 rings (SSSR count). The molecule has 0 amide bonds. The van der Waals surface area contributed by atoms with Crippen molar-refractivity contribution in [3.8, 4) is 0 Å². The molecule has 0 atom stereocenters. The van der Waals surface area contributed by atoms with Crippen LogP contribution in [-0.4, -0.2) is 41.3 Å².